The molecule has 4 rings (SSSR count). The van der Waals surface area contributed by atoms with Gasteiger partial charge in [-0.2, -0.15) is 0 Å². The molecule has 1 heterocycles. The van der Waals surface area contributed by atoms with Gasteiger partial charge in [-0.15, -0.1) is 0 Å². The van der Waals surface area contributed by atoms with Crippen LogP contribution in [0, 0.1) is 17.8 Å². The number of fused-ring (bicyclic) bond motifs is 3. The Balaban J connectivity index is 1.43. The molecule has 0 spiro atoms. The van der Waals surface area contributed by atoms with Gasteiger partial charge in [0.1, 0.15) is 0 Å². The van der Waals surface area contributed by atoms with Crippen LogP contribution in [0.4, 0.5) is 5.69 Å². The SMILES string of the molecule is O=C(CC1CC2CCC1C2)Nc1cnc2ccccc2c1. The highest BCUT2D eigenvalue weighted by Crippen LogP contribution is 2.49. The summed E-state index contributed by atoms with van der Waals surface area (Å²) in [6.07, 6.45) is 7.76. The van der Waals surface area contributed by atoms with Gasteiger partial charge in [0.15, 0.2) is 0 Å². The van der Waals surface area contributed by atoms with Gasteiger partial charge in [-0.25, -0.2) is 0 Å². The lowest BCUT2D eigenvalue weighted by atomic mass is 9.86. The zero-order valence-corrected chi connectivity index (χ0v) is 12.1. The van der Waals surface area contributed by atoms with Crippen molar-refractivity contribution in [3.63, 3.8) is 0 Å². The number of amides is 1. The van der Waals surface area contributed by atoms with Crippen molar-refractivity contribution < 1.29 is 4.79 Å². The quantitative estimate of drug-likeness (QED) is 0.923. The Bertz CT molecular complexity index is 682. The maximum absolute atomic E-state index is 12.2. The molecule has 3 atom stereocenters. The monoisotopic (exact) mass is 280 g/mol. The first kappa shape index (κ1) is 12.8. The lowest BCUT2D eigenvalue weighted by molar-refractivity contribution is -0.117. The van der Waals surface area contributed by atoms with E-state index in [1.54, 1.807) is 6.20 Å². The minimum atomic E-state index is 0.143. The van der Waals surface area contributed by atoms with Crippen LogP contribution in [0.15, 0.2) is 36.5 Å². The molecule has 1 aromatic carbocycles. The minimum Gasteiger partial charge on any atom is -0.325 e. The fourth-order valence-corrected chi connectivity index (χ4v) is 4.22. The molecule has 2 aromatic rings. The first-order valence-corrected chi connectivity index (χ1v) is 7.92. The second-order valence-corrected chi connectivity index (χ2v) is 6.60. The molecule has 2 bridgehead atoms. The highest BCUT2D eigenvalue weighted by atomic mass is 16.1. The number of rotatable bonds is 3. The van der Waals surface area contributed by atoms with E-state index in [2.05, 4.69) is 10.3 Å². The number of aromatic nitrogens is 1. The van der Waals surface area contributed by atoms with E-state index in [1.807, 2.05) is 30.3 Å². The highest BCUT2D eigenvalue weighted by Gasteiger charge is 2.40. The van der Waals surface area contributed by atoms with Gasteiger partial charge in [0, 0.05) is 11.8 Å². The maximum Gasteiger partial charge on any atom is 0.224 e. The standard InChI is InChI=1S/C18H20N2O/c21-18(10-15-8-12-5-6-13(15)7-12)20-16-9-14-3-1-2-4-17(14)19-11-16/h1-4,9,11-13,15H,5-8,10H2,(H,20,21). The summed E-state index contributed by atoms with van der Waals surface area (Å²) < 4.78 is 0. The molecular weight excluding hydrogens is 260 g/mol. The number of nitrogens with one attached hydrogen (secondary N) is 1. The molecule has 3 nitrogen and oxygen atoms in total. The second kappa shape index (κ2) is 5.14. The minimum absolute atomic E-state index is 0.143. The molecule has 0 aliphatic heterocycles. The van der Waals surface area contributed by atoms with Crippen LogP contribution in [-0.4, -0.2) is 10.9 Å². The maximum atomic E-state index is 12.2. The lowest BCUT2D eigenvalue weighted by Crippen LogP contribution is -2.20. The molecule has 1 N–H and O–H groups in total. The number of carbonyl (C=O) groups is 1. The molecule has 0 radical (unpaired) electrons. The van der Waals surface area contributed by atoms with Gasteiger partial charge < -0.3 is 5.32 Å². The number of para-hydroxylation sites is 1. The molecule has 21 heavy (non-hydrogen) atoms. The summed E-state index contributed by atoms with van der Waals surface area (Å²) in [5, 5.41) is 4.08. The van der Waals surface area contributed by atoms with E-state index in [-0.39, 0.29) is 5.91 Å². The van der Waals surface area contributed by atoms with E-state index in [1.165, 1.54) is 25.7 Å². The number of hydrogen-bond donors (Lipinski definition) is 1. The van der Waals surface area contributed by atoms with Crippen molar-refractivity contribution in [2.75, 3.05) is 5.32 Å². The van der Waals surface area contributed by atoms with Gasteiger partial charge in [-0.1, -0.05) is 24.6 Å². The van der Waals surface area contributed by atoms with Crippen LogP contribution in [0.3, 0.4) is 0 Å². The van der Waals surface area contributed by atoms with Crippen LogP contribution < -0.4 is 5.32 Å². The molecule has 2 aliphatic carbocycles. The fraction of sp³-hybridized carbons (Fsp3) is 0.444. The van der Waals surface area contributed by atoms with Crippen molar-refractivity contribution in [2.45, 2.75) is 32.1 Å². The van der Waals surface area contributed by atoms with Crippen molar-refractivity contribution in [1.82, 2.24) is 4.98 Å². The van der Waals surface area contributed by atoms with E-state index < -0.39 is 0 Å². The number of pyridine rings is 1. The average molecular weight is 280 g/mol. The molecule has 1 aromatic heterocycles. The van der Waals surface area contributed by atoms with E-state index in [9.17, 15) is 4.79 Å². The molecule has 3 unspecified atom stereocenters. The van der Waals surface area contributed by atoms with Crippen LogP contribution in [-0.2, 0) is 4.79 Å². The predicted octanol–water partition coefficient (Wildman–Crippen LogP) is 4.00. The predicted molar refractivity (Wildman–Crippen MR) is 83.9 cm³/mol. The van der Waals surface area contributed by atoms with Crippen molar-refractivity contribution >= 4 is 22.5 Å². The molecule has 1 amide bonds. The summed E-state index contributed by atoms with van der Waals surface area (Å²) >= 11 is 0. The van der Waals surface area contributed by atoms with Gasteiger partial charge in [-0.3, -0.25) is 9.78 Å². The molecule has 0 saturated heterocycles. The molecule has 2 aliphatic rings. The van der Waals surface area contributed by atoms with Gasteiger partial charge >= 0.3 is 0 Å². The average Bonchev–Trinajstić information content (AvgIpc) is 3.09. The normalized spacial score (nSPS) is 27.1. The van der Waals surface area contributed by atoms with E-state index >= 15 is 0 Å². The zero-order valence-electron chi connectivity index (χ0n) is 12.1. The summed E-state index contributed by atoms with van der Waals surface area (Å²) in [7, 11) is 0. The third-order valence-corrected chi connectivity index (χ3v) is 5.21. The molecule has 2 fully saturated rings. The number of benzene rings is 1. The Morgan fingerprint density at radius 2 is 2.14 bits per heavy atom. The van der Waals surface area contributed by atoms with Gasteiger partial charge in [0.2, 0.25) is 5.91 Å². The Hall–Kier alpha value is -1.90. The topological polar surface area (TPSA) is 42.0 Å². The van der Waals surface area contributed by atoms with Crippen molar-refractivity contribution in [1.29, 1.82) is 0 Å². The van der Waals surface area contributed by atoms with Crippen LogP contribution in [0.25, 0.3) is 10.9 Å². The zero-order chi connectivity index (χ0) is 14.2. The van der Waals surface area contributed by atoms with E-state index in [0.717, 1.165) is 28.4 Å². The summed E-state index contributed by atoms with van der Waals surface area (Å²) in [4.78, 5) is 16.6. The Morgan fingerprint density at radius 3 is 2.95 bits per heavy atom. The third-order valence-electron chi connectivity index (χ3n) is 5.21. The number of hydrogen-bond acceptors (Lipinski definition) is 2. The Morgan fingerprint density at radius 1 is 1.24 bits per heavy atom. The summed E-state index contributed by atoms with van der Waals surface area (Å²) in [5.41, 5.74) is 1.77. The third kappa shape index (κ3) is 2.53. The molecule has 108 valence electrons. The number of carbonyl (C=O) groups excluding carboxylic acids is 1. The largest absolute Gasteiger partial charge is 0.325 e. The molecular formula is C18H20N2O. The van der Waals surface area contributed by atoms with E-state index in [4.69, 9.17) is 0 Å². The van der Waals surface area contributed by atoms with Gasteiger partial charge in [0.05, 0.1) is 17.4 Å². The summed E-state index contributed by atoms with van der Waals surface area (Å²) in [6, 6.07) is 9.97. The lowest BCUT2D eigenvalue weighted by Gasteiger charge is -2.20. The first-order chi connectivity index (χ1) is 10.3. The van der Waals surface area contributed by atoms with Crippen LogP contribution in [0.1, 0.15) is 32.1 Å². The summed E-state index contributed by atoms with van der Waals surface area (Å²) in [6.45, 7) is 0. The number of anilines is 1. The van der Waals surface area contributed by atoms with Crippen molar-refractivity contribution in [3.05, 3.63) is 36.5 Å². The molecule has 3 heteroatoms. The van der Waals surface area contributed by atoms with Crippen LogP contribution in [0.5, 0.6) is 0 Å². The van der Waals surface area contributed by atoms with Crippen molar-refractivity contribution in [2.24, 2.45) is 17.8 Å². The van der Waals surface area contributed by atoms with E-state index in [0.29, 0.717) is 12.3 Å². The Kier molecular flexibility index (Phi) is 3.13. The van der Waals surface area contributed by atoms with Crippen LogP contribution in [0.2, 0.25) is 0 Å². The van der Waals surface area contributed by atoms with Crippen LogP contribution >= 0.6 is 0 Å². The van der Waals surface area contributed by atoms with Gasteiger partial charge in [0.25, 0.3) is 0 Å². The van der Waals surface area contributed by atoms with Crippen molar-refractivity contribution in [3.8, 4) is 0 Å². The first-order valence-electron chi connectivity index (χ1n) is 7.92. The number of nitrogens with zero attached hydrogens (tertiary/aromatic N) is 1. The second-order valence-electron chi connectivity index (χ2n) is 6.60. The Labute approximate surface area is 124 Å². The fourth-order valence-electron chi connectivity index (χ4n) is 4.22. The highest BCUT2D eigenvalue weighted by molar-refractivity contribution is 5.93. The molecule has 2 saturated carbocycles. The smallest absolute Gasteiger partial charge is 0.224 e. The summed E-state index contributed by atoms with van der Waals surface area (Å²) in [5.74, 6) is 2.45. The van der Waals surface area contributed by atoms with Gasteiger partial charge in [-0.05, 0) is 49.1 Å².